The Kier molecular flexibility index (Phi) is 3.60. The Morgan fingerprint density at radius 3 is 2.36 bits per heavy atom. The standard InChI is InChI=1S/C13H13NO6S2/c1-21(15,16)14-22(17,18)20-12-5-4-9-6-11(13-8-19-13)3-2-10(9)7-12/h2-7,13-14H,8H2,1H3. The molecule has 1 saturated heterocycles. The van der Waals surface area contributed by atoms with Crippen LogP contribution in [0, 0.1) is 0 Å². The lowest BCUT2D eigenvalue weighted by Gasteiger charge is -2.08. The molecule has 1 atom stereocenters. The zero-order valence-corrected chi connectivity index (χ0v) is 13.1. The second-order valence-corrected chi connectivity index (χ2v) is 8.27. The molecule has 1 unspecified atom stereocenters. The van der Waals surface area contributed by atoms with Gasteiger partial charge in [0.25, 0.3) is 0 Å². The van der Waals surface area contributed by atoms with Gasteiger partial charge in [-0.05, 0) is 34.5 Å². The maximum atomic E-state index is 11.6. The first-order valence-corrected chi connectivity index (χ1v) is 9.60. The van der Waals surface area contributed by atoms with E-state index >= 15 is 0 Å². The molecule has 1 fully saturated rings. The SMILES string of the molecule is CS(=O)(=O)NS(=O)(=O)Oc1ccc2cc(C3CO3)ccc2c1. The molecule has 0 spiro atoms. The van der Waals surface area contributed by atoms with E-state index in [1.165, 1.54) is 16.3 Å². The Labute approximate surface area is 128 Å². The van der Waals surface area contributed by atoms with Gasteiger partial charge in [-0.3, -0.25) is 0 Å². The molecule has 118 valence electrons. The normalized spacial score (nSPS) is 18.3. The Morgan fingerprint density at radius 1 is 1.09 bits per heavy atom. The van der Waals surface area contributed by atoms with Gasteiger partial charge in [0.1, 0.15) is 11.9 Å². The molecule has 1 aliphatic rings. The molecule has 0 aromatic heterocycles. The van der Waals surface area contributed by atoms with E-state index in [2.05, 4.69) is 0 Å². The second kappa shape index (κ2) is 5.20. The molecule has 7 nitrogen and oxygen atoms in total. The first-order valence-electron chi connectivity index (χ1n) is 6.30. The summed E-state index contributed by atoms with van der Waals surface area (Å²) in [4.78, 5) is 0. The van der Waals surface area contributed by atoms with E-state index < -0.39 is 20.3 Å². The highest BCUT2D eigenvalue weighted by atomic mass is 32.3. The van der Waals surface area contributed by atoms with E-state index in [-0.39, 0.29) is 11.9 Å². The van der Waals surface area contributed by atoms with Crippen molar-refractivity contribution in [1.82, 2.24) is 4.13 Å². The van der Waals surface area contributed by atoms with Gasteiger partial charge < -0.3 is 8.92 Å². The fraction of sp³-hybridized carbons (Fsp3) is 0.231. The summed E-state index contributed by atoms with van der Waals surface area (Å²) >= 11 is 0. The van der Waals surface area contributed by atoms with Crippen LogP contribution >= 0.6 is 0 Å². The molecule has 0 radical (unpaired) electrons. The topological polar surface area (TPSA) is 102 Å². The van der Waals surface area contributed by atoms with Gasteiger partial charge in [0.15, 0.2) is 0 Å². The number of epoxide rings is 1. The van der Waals surface area contributed by atoms with Gasteiger partial charge in [-0.25, -0.2) is 8.42 Å². The van der Waals surface area contributed by atoms with Crippen molar-refractivity contribution in [2.45, 2.75) is 6.10 Å². The molecule has 3 rings (SSSR count). The van der Waals surface area contributed by atoms with Gasteiger partial charge in [0.05, 0.1) is 12.9 Å². The molecule has 0 bridgehead atoms. The summed E-state index contributed by atoms with van der Waals surface area (Å²) in [6, 6.07) is 10.4. The summed E-state index contributed by atoms with van der Waals surface area (Å²) in [6.07, 6.45) is 0.871. The Hall–Kier alpha value is -1.68. The minimum absolute atomic E-state index is 0.0269. The van der Waals surface area contributed by atoms with Crippen molar-refractivity contribution < 1.29 is 25.8 Å². The number of nitrogens with one attached hydrogen (secondary N) is 1. The third-order valence-electron chi connectivity index (χ3n) is 3.00. The van der Waals surface area contributed by atoms with Gasteiger partial charge in [-0.2, -0.15) is 8.42 Å². The molecule has 1 heterocycles. The zero-order chi connectivity index (χ0) is 16.0. The molecular formula is C13H13NO6S2. The van der Waals surface area contributed by atoms with Crippen molar-refractivity contribution in [3.8, 4) is 5.75 Å². The van der Waals surface area contributed by atoms with E-state index in [9.17, 15) is 16.8 Å². The molecule has 2 aromatic rings. The molecule has 22 heavy (non-hydrogen) atoms. The highest BCUT2D eigenvalue weighted by Crippen LogP contribution is 2.32. The smallest absolute Gasteiger partial charge is 0.370 e. The summed E-state index contributed by atoms with van der Waals surface area (Å²) < 4.78 is 56.5. The van der Waals surface area contributed by atoms with Crippen LogP contribution in [0.25, 0.3) is 10.8 Å². The van der Waals surface area contributed by atoms with Crippen molar-refractivity contribution in [3.63, 3.8) is 0 Å². The average Bonchev–Trinajstić information content (AvgIpc) is 3.18. The van der Waals surface area contributed by atoms with E-state index in [0.717, 1.165) is 22.6 Å². The van der Waals surface area contributed by atoms with E-state index in [4.69, 9.17) is 8.92 Å². The van der Waals surface area contributed by atoms with Gasteiger partial charge >= 0.3 is 10.3 Å². The van der Waals surface area contributed by atoms with E-state index in [0.29, 0.717) is 6.61 Å². The van der Waals surface area contributed by atoms with Crippen molar-refractivity contribution in [2.24, 2.45) is 0 Å². The quantitative estimate of drug-likeness (QED) is 0.815. The summed E-state index contributed by atoms with van der Waals surface area (Å²) in [7, 11) is -8.36. The fourth-order valence-electron chi connectivity index (χ4n) is 2.06. The summed E-state index contributed by atoms with van der Waals surface area (Å²) in [6.45, 7) is 0.710. The fourth-order valence-corrected chi connectivity index (χ4v) is 4.04. The highest BCUT2D eigenvalue weighted by molar-refractivity contribution is 8.02. The first kappa shape index (κ1) is 15.2. The molecular weight excluding hydrogens is 330 g/mol. The third kappa shape index (κ3) is 3.74. The van der Waals surface area contributed by atoms with Crippen molar-refractivity contribution in [1.29, 1.82) is 0 Å². The van der Waals surface area contributed by atoms with Gasteiger partial charge in [-0.1, -0.05) is 22.3 Å². The zero-order valence-electron chi connectivity index (χ0n) is 11.5. The minimum Gasteiger partial charge on any atom is -0.370 e. The number of fused-ring (bicyclic) bond motifs is 1. The first-order chi connectivity index (χ1) is 10.2. The molecule has 1 N–H and O–H groups in total. The molecule has 0 amide bonds. The Morgan fingerprint density at radius 2 is 1.73 bits per heavy atom. The van der Waals surface area contributed by atoms with E-state index in [1.54, 1.807) is 6.07 Å². The van der Waals surface area contributed by atoms with Crippen molar-refractivity contribution in [2.75, 3.05) is 12.9 Å². The second-order valence-electron chi connectivity index (χ2n) is 4.98. The predicted octanol–water partition coefficient (Wildman–Crippen LogP) is 1.08. The Bertz CT molecular complexity index is 932. The number of rotatable bonds is 5. The lowest BCUT2D eigenvalue weighted by Crippen LogP contribution is -2.33. The Balaban J connectivity index is 1.87. The summed E-state index contributed by atoms with van der Waals surface area (Å²) in [5, 5.41) is 1.69. The minimum atomic E-state index is -4.43. The molecule has 9 heteroatoms. The maximum absolute atomic E-state index is 11.6. The van der Waals surface area contributed by atoms with Gasteiger partial charge in [0, 0.05) is 0 Å². The summed E-state index contributed by atoms with van der Waals surface area (Å²) in [5.41, 5.74) is 1.06. The van der Waals surface area contributed by atoms with Crippen molar-refractivity contribution in [3.05, 3.63) is 42.0 Å². The van der Waals surface area contributed by atoms with Crippen LogP contribution in [0.5, 0.6) is 5.75 Å². The van der Waals surface area contributed by atoms with Crippen LogP contribution in [0.1, 0.15) is 11.7 Å². The van der Waals surface area contributed by atoms with Gasteiger partial charge in [0.2, 0.25) is 10.0 Å². The van der Waals surface area contributed by atoms with Crippen molar-refractivity contribution >= 4 is 31.1 Å². The van der Waals surface area contributed by atoms with Crippen LogP contribution in [-0.4, -0.2) is 29.7 Å². The van der Waals surface area contributed by atoms with Crippen LogP contribution in [0.2, 0.25) is 0 Å². The lowest BCUT2D eigenvalue weighted by atomic mass is 10.1. The monoisotopic (exact) mass is 343 g/mol. The number of hydrogen-bond donors (Lipinski definition) is 1. The summed E-state index contributed by atoms with van der Waals surface area (Å²) in [5.74, 6) is 0.0269. The number of benzene rings is 2. The number of ether oxygens (including phenoxy) is 1. The third-order valence-corrected chi connectivity index (χ3v) is 5.44. The van der Waals surface area contributed by atoms with Crippen LogP contribution in [-0.2, 0) is 25.1 Å². The molecule has 1 aliphatic heterocycles. The van der Waals surface area contributed by atoms with Gasteiger partial charge in [-0.15, -0.1) is 0 Å². The molecule has 2 aromatic carbocycles. The molecule has 0 saturated carbocycles. The largest absolute Gasteiger partial charge is 0.395 e. The number of hydrogen-bond acceptors (Lipinski definition) is 6. The average molecular weight is 343 g/mol. The van der Waals surface area contributed by atoms with Crippen LogP contribution in [0.15, 0.2) is 36.4 Å². The maximum Gasteiger partial charge on any atom is 0.395 e. The highest BCUT2D eigenvalue weighted by Gasteiger charge is 2.24. The van der Waals surface area contributed by atoms with E-state index in [1.807, 2.05) is 18.2 Å². The van der Waals surface area contributed by atoms with Crippen LogP contribution in [0.4, 0.5) is 0 Å². The predicted molar refractivity (Wildman–Crippen MR) is 80.2 cm³/mol. The van der Waals surface area contributed by atoms with Crippen LogP contribution < -0.4 is 8.31 Å². The number of sulfonamides is 1. The van der Waals surface area contributed by atoms with Crippen LogP contribution in [0.3, 0.4) is 0 Å². The molecule has 0 aliphatic carbocycles. The lowest BCUT2D eigenvalue weighted by molar-refractivity contribution is 0.416.